The Bertz CT molecular complexity index is 709. The van der Waals surface area contributed by atoms with Crippen molar-refractivity contribution in [2.24, 2.45) is 0 Å². The molecule has 0 unspecified atom stereocenters. The highest BCUT2D eigenvalue weighted by atomic mass is 16.5. The van der Waals surface area contributed by atoms with Gasteiger partial charge in [-0.05, 0) is 44.7 Å². The normalized spacial score (nSPS) is 11.3. The first-order chi connectivity index (χ1) is 10.6. The van der Waals surface area contributed by atoms with E-state index >= 15 is 0 Å². The van der Waals surface area contributed by atoms with Crippen LogP contribution in [0.15, 0.2) is 47.2 Å². The average molecular weight is 296 g/mol. The summed E-state index contributed by atoms with van der Waals surface area (Å²) in [5.41, 5.74) is 4.49. The first kappa shape index (κ1) is 14.5. The molecule has 3 rings (SSSR count). The number of hydrogen-bond donors (Lipinski definition) is 0. The van der Waals surface area contributed by atoms with E-state index in [4.69, 9.17) is 4.52 Å². The van der Waals surface area contributed by atoms with E-state index in [-0.39, 0.29) is 0 Å². The van der Waals surface area contributed by atoms with Crippen LogP contribution in [-0.4, -0.2) is 26.9 Å². The van der Waals surface area contributed by atoms with Crippen LogP contribution in [0.1, 0.15) is 22.6 Å². The molecule has 2 aromatic heterocycles. The molecule has 1 aromatic carbocycles. The predicted octanol–water partition coefficient (Wildman–Crippen LogP) is 3.11. The van der Waals surface area contributed by atoms with Crippen LogP contribution >= 0.6 is 0 Å². The predicted molar refractivity (Wildman–Crippen MR) is 84.7 cm³/mol. The highest BCUT2D eigenvalue weighted by Crippen LogP contribution is 2.16. The molecular weight excluding hydrogens is 276 g/mol. The molecular formula is C17H20N4O. The molecule has 0 spiro atoms. The van der Waals surface area contributed by atoms with Crippen molar-refractivity contribution in [1.82, 2.24) is 19.8 Å². The number of aromatic nitrogens is 3. The summed E-state index contributed by atoms with van der Waals surface area (Å²) in [6.07, 6.45) is 3.73. The minimum absolute atomic E-state index is 0.835. The van der Waals surface area contributed by atoms with Crippen molar-refractivity contribution in [3.8, 4) is 5.69 Å². The van der Waals surface area contributed by atoms with Crippen LogP contribution in [-0.2, 0) is 13.1 Å². The molecule has 0 bridgehead atoms. The van der Waals surface area contributed by atoms with Crippen molar-refractivity contribution in [1.29, 1.82) is 0 Å². The average Bonchev–Trinajstić information content (AvgIpc) is 3.14. The summed E-state index contributed by atoms with van der Waals surface area (Å²) >= 11 is 0. The first-order valence-corrected chi connectivity index (χ1v) is 7.33. The largest absolute Gasteiger partial charge is 0.361 e. The first-order valence-electron chi connectivity index (χ1n) is 7.33. The fourth-order valence-corrected chi connectivity index (χ4v) is 2.54. The van der Waals surface area contributed by atoms with Gasteiger partial charge in [0.25, 0.3) is 0 Å². The van der Waals surface area contributed by atoms with Crippen molar-refractivity contribution >= 4 is 0 Å². The lowest BCUT2D eigenvalue weighted by molar-refractivity contribution is 0.315. The Kier molecular flexibility index (Phi) is 4.06. The van der Waals surface area contributed by atoms with E-state index in [9.17, 15) is 0 Å². The van der Waals surface area contributed by atoms with Crippen molar-refractivity contribution in [2.75, 3.05) is 7.05 Å². The molecule has 22 heavy (non-hydrogen) atoms. The molecule has 2 heterocycles. The topological polar surface area (TPSA) is 47.1 Å². The smallest absolute Gasteiger partial charge is 0.138 e. The molecule has 5 heteroatoms. The highest BCUT2D eigenvalue weighted by molar-refractivity contribution is 5.33. The Labute approximate surface area is 130 Å². The van der Waals surface area contributed by atoms with Crippen LogP contribution in [0.25, 0.3) is 5.69 Å². The highest BCUT2D eigenvalue weighted by Gasteiger charge is 2.11. The summed E-state index contributed by atoms with van der Waals surface area (Å²) in [6.45, 7) is 5.66. The maximum absolute atomic E-state index is 5.22. The van der Waals surface area contributed by atoms with E-state index in [1.54, 1.807) is 6.20 Å². The molecule has 114 valence electrons. The molecule has 3 aromatic rings. The van der Waals surface area contributed by atoms with Gasteiger partial charge < -0.3 is 4.52 Å². The second-order valence-corrected chi connectivity index (χ2v) is 5.59. The standard InChI is InChI=1S/C17H20N4O/c1-13-17(14(2)22-19-13)12-20(3)11-15-5-7-16(8-6-15)21-10-4-9-18-21/h4-10H,11-12H2,1-3H3. The van der Waals surface area contributed by atoms with Crippen molar-refractivity contribution in [3.05, 3.63) is 65.3 Å². The lowest BCUT2D eigenvalue weighted by Gasteiger charge is -2.16. The number of aryl methyl sites for hydroxylation is 2. The second-order valence-electron chi connectivity index (χ2n) is 5.59. The van der Waals surface area contributed by atoms with Gasteiger partial charge >= 0.3 is 0 Å². The monoisotopic (exact) mass is 296 g/mol. The molecule has 5 nitrogen and oxygen atoms in total. The fraction of sp³-hybridized carbons (Fsp3) is 0.294. The molecule has 0 saturated carbocycles. The quantitative estimate of drug-likeness (QED) is 0.726. The molecule has 0 aliphatic carbocycles. The fourth-order valence-electron chi connectivity index (χ4n) is 2.54. The van der Waals surface area contributed by atoms with Gasteiger partial charge in [-0.25, -0.2) is 4.68 Å². The van der Waals surface area contributed by atoms with Gasteiger partial charge in [-0.15, -0.1) is 0 Å². The molecule has 0 atom stereocenters. The van der Waals surface area contributed by atoms with E-state index in [1.165, 1.54) is 11.1 Å². The van der Waals surface area contributed by atoms with Crippen LogP contribution in [0, 0.1) is 13.8 Å². The minimum atomic E-state index is 0.835. The van der Waals surface area contributed by atoms with Gasteiger partial charge in [-0.2, -0.15) is 5.10 Å². The third-order valence-electron chi connectivity index (χ3n) is 3.77. The van der Waals surface area contributed by atoms with E-state index in [0.717, 1.165) is 30.2 Å². The van der Waals surface area contributed by atoms with Crippen LogP contribution in [0.2, 0.25) is 0 Å². The van der Waals surface area contributed by atoms with Gasteiger partial charge in [0, 0.05) is 31.0 Å². The summed E-state index contributed by atoms with van der Waals surface area (Å²) < 4.78 is 7.08. The Balaban J connectivity index is 1.65. The van der Waals surface area contributed by atoms with Gasteiger partial charge in [0.05, 0.1) is 11.4 Å². The summed E-state index contributed by atoms with van der Waals surface area (Å²) in [5.74, 6) is 0.901. The van der Waals surface area contributed by atoms with Crippen LogP contribution < -0.4 is 0 Å². The zero-order chi connectivity index (χ0) is 15.5. The third-order valence-corrected chi connectivity index (χ3v) is 3.77. The van der Waals surface area contributed by atoms with Gasteiger partial charge in [-0.1, -0.05) is 17.3 Å². The maximum Gasteiger partial charge on any atom is 0.138 e. The van der Waals surface area contributed by atoms with Crippen LogP contribution in [0.3, 0.4) is 0 Å². The lowest BCUT2D eigenvalue weighted by atomic mass is 10.1. The number of nitrogens with zero attached hydrogens (tertiary/aromatic N) is 4. The van der Waals surface area contributed by atoms with Gasteiger partial charge in [-0.3, -0.25) is 4.90 Å². The third kappa shape index (κ3) is 3.09. The van der Waals surface area contributed by atoms with Crippen molar-refractivity contribution in [2.45, 2.75) is 26.9 Å². The van der Waals surface area contributed by atoms with Crippen LogP contribution in [0.4, 0.5) is 0 Å². The zero-order valence-electron chi connectivity index (χ0n) is 13.2. The molecule has 0 aliphatic heterocycles. The van der Waals surface area contributed by atoms with Crippen LogP contribution in [0.5, 0.6) is 0 Å². The van der Waals surface area contributed by atoms with E-state index < -0.39 is 0 Å². The maximum atomic E-state index is 5.22. The zero-order valence-corrected chi connectivity index (χ0v) is 13.2. The van der Waals surface area contributed by atoms with E-state index in [2.05, 4.69) is 46.5 Å². The van der Waals surface area contributed by atoms with Crippen molar-refractivity contribution < 1.29 is 4.52 Å². The molecule has 0 radical (unpaired) electrons. The Morgan fingerprint density at radius 2 is 1.91 bits per heavy atom. The van der Waals surface area contributed by atoms with Crippen molar-refractivity contribution in [3.63, 3.8) is 0 Å². The minimum Gasteiger partial charge on any atom is -0.361 e. The Morgan fingerprint density at radius 1 is 1.14 bits per heavy atom. The summed E-state index contributed by atoms with van der Waals surface area (Å²) in [4.78, 5) is 2.26. The van der Waals surface area contributed by atoms with E-state index in [1.807, 2.05) is 30.8 Å². The molecule has 0 N–H and O–H groups in total. The molecule has 0 fully saturated rings. The number of hydrogen-bond acceptors (Lipinski definition) is 4. The Morgan fingerprint density at radius 3 is 2.50 bits per heavy atom. The molecule has 0 aliphatic rings. The van der Waals surface area contributed by atoms with Gasteiger partial charge in [0.2, 0.25) is 0 Å². The number of benzene rings is 1. The number of rotatable bonds is 5. The summed E-state index contributed by atoms with van der Waals surface area (Å²) in [6, 6.07) is 10.4. The lowest BCUT2D eigenvalue weighted by Crippen LogP contribution is -2.18. The van der Waals surface area contributed by atoms with E-state index in [0.29, 0.717) is 0 Å². The summed E-state index contributed by atoms with van der Waals surface area (Å²) in [5, 5.41) is 8.24. The second kappa shape index (κ2) is 6.15. The molecule has 0 saturated heterocycles. The molecule has 0 amide bonds. The summed E-state index contributed by atoms with van der Waals surface area (Å²) in [7, 11) is 2.10. The Hall–Kier alpha value is -2.40. The van der Waals surface area contributed by atoms with Gasteiger partial charge in [0.1, 0.15) is 5.76 Å². The SMILES string of the molecule is Cc1noc(C)c1CN(C)Cc1ccc(-n2cccn2)cc1. The van der Waals surface area contributed by atoms with Gasteiger partial charge in [0.15, 0.2) is 0 Å².